The molecule has 1 aliphatic heterocycles. The number of hydrogen-bond acceptors (Lipinski definition) is 6. The van der Waals surface area contributed by atoms with Crippen molar-refractivity contribution in [2.24, 2.45) is 5.92 Å². The molecule has 1 fully saturated rings. The molecule has 1 atom stereocenters. The highest BCUT2D eigenvalue weighted by atomic mass is 35.5. The van der Waals surface area contributed by atoms with Gasteiger partial charge in [-0.3, -0.25) is 19.4 Å². The van der Waals surface area contributed by atoms with Crippen molar-refractivity contribution in [3.05, 3.63) is 45.1 Å². The summed E-state index contributed by atoms with van der Waals surface area (Å²) in [5.41, 5.74) is 1.82. The van der Waals surface area contributed by atoms with Gasteiger partial charge in [-0.05, 0) is 61.8 Å². The number of rotatable bonds is 6. The van der Waals surface area contributed by atoms with Crippen LogP contribution in [-0.2, 0) is 17.9 Å². The molecule has 0 aliphatic carbocycles. The van der Waals surface area contributed by atoms with E-state index in [1.807, 2.05) is 17.5 Å². The van der Waals surface area contributed by atoms with Crippen LogP contribution in [0, 0.1) is 10.7 Å². The lowest BCUT2D eigenvalue weighted by Crippen LogP contribution is -2.33. The van der Waals surface area contributed by atoms with Gasteiger partial charge in [0.05, 0.1) is 5.69 Å². The molecule has 4 rings (SSSR count). The first-order valence-electron chi connectivity index (χ1n) is 9.85. The summed E-state index contributed by atoms with van der Waals surface area (Å²) in [5.74, 6) is 1.12. The predicted octanol–water partition coefficient (Wildman–Crippen LogP) is 4.59. The predicted molar refractivity (Wildman–Crippen MR) is 122 cm³/mol. The van der Waals surface area contributed by atoms with Crippen LogP contribution in [0.2, 0.25) is 5.02 Å². The normalized spacial score (nSPS) is 17.2. The number of H-pyrrole nitrogens is 1. The van der Waals surface area contributed by atoms with E-state index in [2.05, 4.69) is 32.3 Å². The third kappa shape index (κ3) is 5.15. The van der Waals surface area contributed by atoms with Crippen molar-refractivity contribution in [2.75, 3.05) is 18.4 Å². The van der Waals surface area contributed by atoms with E-state index in [9.17, 15) is 4.79 Å². The van der Waals surface area contributed by atoms with Crippen molar-refractivity contribution in [1.29, 1.82) is 0 Å². The molecule has 1 aromatic carbocycles. The molecule has 0 spiro atoms. The van der Waals surface area contributed by atoms with Crippen LogP contribution in [0.1, 0.15) is 25.5 Å². The zero-order valence-corrected chi connectivity index (χ0v) is 19.0. The SMILES string of the molecule is CC1CCCN(Cc2csc(NC(=O)Cn3c(-c4ccc(Cl)cc4)n[nH]c3=S)n2)C1. The first kappa shape index (κ1) is 21.2. The van der Waals surface area contributed by atoms with Gasteiger partial charge >= 0.3 is 0 Å². The van der Waals surface area contributed by atoms with Crippen LogP contribution < -0.4 is 5.32 Å². The first-order chi connectivity index (χ1) is 14.5. The van der Waals surface area contributed by atoms with Crippen molar-refractivity contribution in [2.45, 2.75) is 32.9 Å². The Bertz CT molecular complexity index is 1070. The third-order valence-electron chi connectivity index (χ3n) is 5.09. The van der Waals surface area contributed by atoms with Crippen LogP contribution in [-0.4, -0.2) is 43.6 Å². The molecule has 0 saturated carbocycles. The van der Waals surface area contributed by atoms with E-state index in [1.165, 1.54) is 24.2 Å². The molecule has 2 N–H and O–H groups in total. The standard InChI is InChI=1S/C20H23ClN6OS2/c1-13-3-2-8-26(9-13)10-16-12-30-19(22-16)23-17(28)11-27-18(24-25-20(27)29)14-4-6-15(21)7-5-14/h4-7,12-13H,2-3,8-11H2,1H3,(H,25,29)(H,22,23,28). The summed E-state index contributed by atoms with van der Waals surface area (Å²) in [6.45, 7) is 5.37. The van der Waals surface area contributed by atoms with E-state index >= 15 is 0 Å². The van der Waals surface area contributed by atoms with Crippen molar-refractivity contribution >= 4 is 46.2 Å². The largest absolute Gasteiger partial charge is 0.300 e. The monoisotopic (exact) mass is 462 g/mol. The number of benzene rings is 1. The fourth-order valence-corrected chi connectivity index (χ4v) is 4.72. The maximum atomic E-state index is 12.6. The molecule has 158 valence electrons. The average Bonchev–Trinajstić information content (AvgIpc) is 3.29. The van der Waals surface area contributed by atoms with Crippen LogP contribution in [0.3, 0.4) is 0 Å². The first-order valence-corrected chi connectivity index (χ1v) is 11.5. The molecule has 2 aromatic heterocycles. The van der Waals surface area contributed by atoms with Gasteiger partial charge in [0.1, 0.15) is 6.54 Å². The summed E-state index contributed by atoms with van der Waals surface area (Å²) in [7, 11) is 0. The third-order valence-corrected chi connectivity index (χ3v) is 6.46. The van der Waals surface area contributed by atoms with Gasteiger partial charge in [0.15, 0.2) is 15.7 Å². The van der Waals surface area contributed by atoms with E-state index < -0.39 is 0 Å². The fraction of sp³-hybridized carbons (Fsp3) is 0.400. The molecular weight excluding hydrogens is 440 g/mol. The number of thiazole rings is 1. The van der Waals surface area contributed by atoms with Crippen molar-refractivity contribution in [3.8, 4) is 11.4 Å². The van der Waals surface area contributed by atoms with Crippen LogP contribution >= 0.6 is 35.2 Å². The Morgan fingerprint density at radius 1 is 1.40 bits per heavy atom. The zero-order chi connectivity index (χ0) is 21.1. The van der Waals surface area contributed by atoms with Crippen LogP contribution in [0.5, 0.6) is 0 Å². The molecule has 0 bridgehead atoms. The molecule has 1 aliphatic rings. The Morgan fingerprint density at radius 3 is 2.97 bits per heavy atom. The summed E-state index contributed by atoms with van der Waals surface area (Å²) in [4.78, 5) is 19.6. The topological polar surface area (TPSA) is 78.8 Å². The zero-order valence-electron chi connectivity index (χ0n) is 16.6. The highest BCUT2D eigenvalue weighted by Crippen LogP contribution is 2.22. The number of amides is 1. The van der Waals surface area contributed by atoms with Gasteiger partial charge in [-0.25, -0.2) is 4.98 Å². The molecule has 0 radical (unpaired) electrons. The molecule has 1 saturated heterocycles. The second kappa shape index (κ2) is 9.38. The molecule has 1 unspecified atom stereocenters. The number of piperidine rings is 1. The summed E-state index contributed by atoms with van der Waals surface area (Å²) < 4.78 is 2.05. The molecular formula is C20H23ClN6OS2. The number of hydrogen-bond donors (Lipinski definition) is 2. The van der Waals surface area contributed by atoms with Gasteiger partial charge in [0.25, 0.3) is 0 Å². The Balaban J connectivity index is 1.40. The summed E-state index contributed by atoms with van der Waals surface area (Å²) in [6.07, 6.45) is 2.53. The number of aromatic amines is 1. The number of anilines is 1. The lowest BCUT2D eigenvalue weighted by atomic mass is 10.0. The van der Waals surface area contributed by atoms with Crippen molar-refractivity contribution in [1.82, 2.24) is 24.6 Å². The maximum Gasteiger partial charge on any atom is 0.246 e. The van der Waals surface area contributed by atoms with Crippen LogP contribution in [0.25, 0.3) is 11.4 Å². The number of likely N-dealkylation sites (tertiary alicyclic amines) is 1. The second-order valence-electron chi connectivity index (χ2n) is 7.62. The molecule has 1 amide bonds. The van der Waals surface area contributed by atoms with Gasteiger partial charge in [-0.2, -0.15) is 5.10 Å². The molecule has 30 heavy (non-hydrogen) atoms. The Hall–Kier alpha value is -2.07. The highest BCUT2D eigenvalue weighted by molar-refractivity contribution is 7.71. The summed E-state index contributed by atoms with van der Waals surface area (Å²) in [5, 5.41) is 13.1. The van der Waals surface area contributed by atoms with Crippen LogP contribution in [0.4, 0.5) is 5.13 Å². The second-order valence-corrected chi connectivity index (χ2v) is 9.30. The number of aromatic nitrogens is 4. The molecule has 3 aromatic rings. The van der Waals surface area contributed by atoms with Gasteiger partial charge in [0, 0.05) is 29.1 Å². The maximum absolute atomic E-state index is 12.6. The lowest BCUT2D eigenvalue weighted by Gasteiger charge is -2.30. The van der Waals surface area contributed by atoms with E-state index in [0.717, 1.165) is 36.8 Å². The molecule has 3 heterocycles. The number of halogens is 1. The minimum atomic E-state index is -0.199. The van der Waals surface area contributed by atoms with Crippen molar-refractivity contribution in [3.63, 3.8) is 0 Å². The van der Waals surface area contributed by atoms with Gasteiger partial charge in [0.2, 0.25) is 5.91 Å². The summed E-state index contributed by atoms with van der Waals surface area (Å²) in [6, 6.07) is 7.24. The number of carbonyl (C=O) groups excluding carboxylic acids is 1. The number of nitrogens with one attached hydrogen (secondary N) is 2. The van der Waals surface area contributed by atoms with Crippen molar-refractivity contribution < 1.29 is 4.79 Å². The van der Waals surface area contributed by atoms with E-state index in [4.69, 9.17) is 23.8 Å². The van der Waals surface area contributed by atoms with Gasteiger partial charge < -0.3 is 5.32 Å². The van der Waals surface area contributed by atoms with Gasteiger partial charge in [-0.15, -0.1) is 11.3 Å². The quantitative estimate of drug-likeness (QED) is 0.524. The minimum Gasteiger partial charge on any atom is -0.300 e. The van der Waals surface area contributed by atoms with E-state index in [0.29, 0.717) is 20.7 Å². The molecule has 7 nitrogen and oxygen atoms in total. The van der Waals surface area contributed by atoms with E-state index in [1.54, 1.807) is 16.7 Å². The Labute approximate surface area is 189 Å². The minimum absolute atomic E-state index is 0.0475. The Morgan fingerprint density at radius 2 is 2.20 bits per heavy atom. The highest BCUT2D eigenvalue weighted by Gasteiger charge is 2.18. The Kier molecular flexibility index (Phi) is 6.62. The summed E-state index contributed by atoms with van der Waals surface area (Å²) >= 11 is 12.7. The smallest absolute Gasteiger partial charge is 0.246 e. The number of carbonyl (C=O) groups is 1. The fourth-order valence-electron chi connectivity index (χ4n) is 3.68. The van der Waals surface area contributed by atoms with E-state index in [-0.39, 0.29) is 12.5 Å². The molecule has 10 heteroatoms. The lowest BCUT2D eigenvalue weighted by molar-refractivity contribution is -0.116. The average molecular weight is 463 g/mol. The van der Waals surface area contributed by atoms with Gasteiger partial charge in [-0.1, -0.05) is 18.5 Å². The number of nitrogens with zero attached hydrogens (tertiary/aromatic N) is 4. The van der Waals surface area contributed by atoms with Crippen LogP contribution in [0.15, 0.2) is 29.6 Å².